The molecule has 4 nitrogen and oxygen atoms in total. The Balaban J connectivity index is 2.68. The third-order valence-corrected chi connectivity index (χ3v) is 1.76. The molecular formula is C8H11FN2O2. The van der Waals surface area contributed by atoms with E-state index in [0.717, 1.165) is 0 Å². The van der Waals surface area contributed by atoms with Crippen molar-refractivity contribution in [3.8, 4) is 0 Å². The van der Waals surface area contributed by atoms with Gasteiger partial charge in [0, 0.05) is 24.9 Å². The molecule has 0 spiro atoms. The summed E-state index contributed by atoms with van der Waals surface area (Å²) in [6.07, 6.45) is -0.432. The van der Waals surface area contributed by atoms with Crippen LogP contribution in [0.5, 0.6) is 0 Å². The van der Waals surface area contributed by atoms with Crippen molar-refractivity contribution < 1.29 is 14.3 Å². The summed E-state index contributed by atoms with van der Waals surface area (Å²) in [6.45, 7) is 2.49. The fraction of sp³-hybridized carbons (Fsp3) is 0.500. The number of aliphatic carboxylic acids is 1. The molecule has 0 aliphatic carbocycles. The van der Waals surface area contributed by atoms with Crippen LogP contribution in [-0.4, -0.2) is 27.0 Å². The summed E-state index contributed by atoms with van der Waals surface area (Å²) in [4.78, 5) is 10.2. The lowest BCUT2D eigenvalue weighted by Gasteiger charge is -2.05. The van der Waals surface area contributed by atoms with E-state index in [0.29, 0.717) is 12.2 Å². The number of aromatic nitrogens is 2. The van der Waals surface area contributed by atoms with Crippen LogP contribution in [-0.2, 0) is 17.8 Å². The number of hydrogen-bond acceptors (Lipinski definition) is 2. The highest BCUT2D eigenvalue weighted by Crippen LogP contribution is 2.05. The maximum absolute atomic E-state index is 12.8. The summed E-state index contributed by atoms with van der Waals surface area (Å²) in [6, 6.07) is 1.62. The molecule has 0 aliphatic rings. The second-order valence-electron chi connectivity index (χ2n) is 2.65. The van der Waals surface area contributed by atoms with E-state index >= 15 is 0 Å². The van der Waals surface area contributed by atoms with Crippen molar-refractivity contribution in [2.45, 2.75) is 26.1 Å². The molecule has 1 aromatic heterocycles. The molecule has 0 aliphatic heterocycles. The van der Waals surface area contributed by atoms with Gasteiger partial charge in [0.15, 0.2) is 0 Å². The molecule has 1 heterocycles. The fourth-order valence-electron chi connectivity index (χ4n) is 1.09. The first-order valence-corrected chi connectivity index (χ1v) is 4.02. The predicted molar refractivity (Wildman–Crippen MR) is 44.1 cm³/mol. The number of carbonyl (C=O) groups is 1. The Kier molecular flexibility index (Phi) is 3.00. The van der Waals surface area contributed by atoms with Crippen LogP contribution in [0, 0.1) is 0 Å². The molecule has 13 heavy (non-hydrogen) atoms. The number of nitrogens with zero attached hydrogens (tertiary/aromatic N) is 2. The van der Waals surface area contributed by atoms with Gasteiger partial charge in [-0.1, -0.05) is 0 Å². The van der Waals surface area contributed by atoms with Gasteiger partial charge in [-0.25, -0.2) is 9.18 Å². The number of carboxylic acid groups (broad SMARTS) is 1. The largest absolute Gasteiger partial charge is 0.479 e. The first kappa shape index (κ1) is 9.70. The number of rotatable bonds is 4. The monoisotopic (exact) mass is 186 g/mol. The second-order valence-corrected chi connectivity index (χ2v) is 2.65. The van der Waals surface area contributed by atoms with Crippen LogP contribution in [0.3, 0.4) is 0 Å². The van der Waals surface area contributed by atoms with Gasteiger partial charge in [0.2, 0.25) is 6.17 Å². The number of aryl methyl sites for hydroxylation is 1. The van der Waals surface area contributed by atoms with E-state index in [1.807, 2.05) is 6.92 Å². The number of carboxylic acids is 1. The Hall–Kier alpha value is -1.39. The van der Waals surface area contributed by atoms with Crippen LogP contribution in [0.25, 0.3) is 0 Å². The Bertz CT molecular complexity index is 298. The van der Waals surface area contributed by atoms with Gasteiger partial charge >= 0.3 is 5.97 Å². The summed E-state index contributed by atoms with van der Waals surface area (Å²) < 4.78 is 14.3. The van der Waals surface area contributed by atoms with Crippen LogP contribution < -0.4 is 0 Å². The normalized spacial score (nSPS) is 12.8. The van der Waals surface area contributed by atoms with Gasteiger partial charge in [0.05, 0.1) is 0 Å². The molecule has 1 rings (SSSR count). The third kappa shape index (κ3) is 2.27. The van der Waals surface area contributed by atoms with Crippen LogP contribution in [0.2, 0.25) is 0 Å². The molecule has 1 unspecified atom stereocenters. The van der Waals surface area contributed by atoms with Crippen molar-refractivity contribution in [2.75, 3.05) is 0 Å². The summed E-state index contributed by atoms with van der Waals surface area (Å²) >= 11 is 0. The molecule has 1 aromatic rings. The summed E-state index contributed by atoms with van der Waals surface area (Å²) in [5.74, 6) is -1.43. The molecule has 72 valence electrons. The van der Waals surface area contributed by atoms with Gasteiger partial charge in [-0.3, -0.25) is 4.68 Å². The van der Waals surface area contributed by atoms with Crippen molar-refractivity contribution in [3.05, 3.63) is 18.0 Å². The molecule has 0 aromatic carbocycles. The van der Waals surface area contributed by atoms with Crippen LogP contribution >= 0.6 is 0 Å². The first-order chi connectivity index (χ1) is 6.15. The third-order valence-electron chi connectivity index (χ3n) is 1.76. The average molecular weight is 186 g/mol. The van der Waals surface area contributed by atoms with Gasteiger partial charge in [0.25, 0.3) is 0 Å². The SMILES string of the molecule is CCn1nccc1CC(F)C(=O)O. The summed E-state index contributed by atoms with van der Waals surface area (Å²) in [7, 11) is 0. The second kappa shape index (κ2) is 4.02. The molecule has 0 saturated carbocycles. The minimum Gasteiger partial charge on any atom is -0.479 e. The lowest BCUT2D eigenvalue weighted by molar-refractivity contribution is -0.142. The van der Waals surface area contributed by atoms with E-state index < -0.39 is 12.1 Å². The molecule has 0 fully saturated rings. The van der Waals surface area contributed by atoms with Crippen molar-refractivity contribution in [1.29, 1.82) is 0 Å². The van der Waals surface area contributed by atoms with Crippen molar-refractivity contribution in [3.63, 3.8) is 0 Å². The zero-order valence-electron chi connectivity index (χ0n) is 7.27. The highest BCUT2D eigenvalue weighted by Gasteiger charge is 2.17. The standard InChI is InChI=1S/C8H11FN2O2/c1-2-11-6(3-4-10-11)5-7(9)8(12)13/h3-4,7H,2,5H2,1H3,(H,12,13). The smallest absolute Gasteiger partial charge is 0.338 e. The molecule has 0 amide bonds. The number of halogens is 1. The van der Waals surface area contributed by atoms with Crippen LogP contribution in [0.15, 0.2) is 12.3 Å². The van der Waals surface area contributed by atoms with Crippen molar-refractivity contribution >= 4 is 5.97 Å². The zero-order chi connectivity index (χ0) is 9.84. The minimum absolute atomic E-state index is 0.122. The van der Waals surface area contributed by atoms with Crippen molar-refractivity contribution in [1.82, 2.24) is 9.78 Å². The Labute approximate surface area is 75.0 Å². The van der Waals surface area contributed by atoms with Crippen LogP contribution in [0.4, 0.5) is 4.39 Å². The topological polar surface area (TPSA) is 55.1 Å². The Morgan fingerprint density at radius 2 is 2.54 bits per heavy atom. The predicted octanol–water partition coefficient (Wildman–Crippen LogP) is 0.868. The first-order valence-electron chi connectivity index (χ1n) is 4.02. The van der Waals surface area contributed by atoms with E-state index in [1.165, 1.54) is 6.20 Å². The molecule has 1 atom stereocenters. The van der Waals surface area contributed by atoms with Crippen molar-refractivity contribution in [2.24, 2.45) is 0 Å². The quantitative estimate of drug-likeness (QED) is 0.759. The molecule has 0 radical (unpaired) electrons. The lowest BCUT2D eigenvalue weighted by atomic mass is 10.2. The zero-order valence-corrected chi connectivity index (χ0v) is 7.27. The lowest BCUT2D eigenvalue weighted by Crippen LogP contribution is -2.19. The maximum Gasteiger partial charge on any atom is 0.338 e. The maximum atomic E-state index is 12.8. The van der Waals surface area contributed by atoms with E-state index in [2.05, 4.69) is 5.10 Å². The van der Waals surface area contributed by atoms with Crippen LogP contribution in [0.1, 0.15) is 12.6 Å². The van der Waals surface area contributed by atoms with Gasteiger partial charge in [-0.2, -0.15) is 5.10 Å². The Morgan fingerprint density at radius 3 is 3.08 bits per heavy atom. The number of alkyl halides is 1. The van der Waals surface area contributed by atoms with Gasteiger partial charge in [0.1, 0.15) is 0 Å². The van der Waals surface area contributed by atoms with E-state index in [-0.39, 0.29) is 6.42 Å². The van der Waals surface area contributed by atoms with E-state index in [4.69, 9.17) is 5.11 Å². The highest BCUT2D eigenvalue weighted by atomic mass is 19.1. The molecule has 5 heteroatoms. The summed E-state index contributed by atoms with van der Waals surface area (Å²) in [5.41, 5.74) is 0.609. The summed E-state index contributed by atoms with van der Waals surface area (Å²) in [5, 5.41) is 12.2. The van der Waals surface area contributed by atoms with E-state index in [9.17, 15) is 9.18 Å². The molecular weight excluding hydrogens is 175 g/mol. The average Bonchev–Trinajstić information content (AvgIpc) is 2.51. The van der Waals surface area contributed by atoms with Gasteiger partial charge in [-0.15, -0.1) is 0 Å². The molecule has 1 N–H and O–H groups in total. The number of hydrogen-bond donors (Lipinski definition) is 1. The highest BCUT2D eigenvalue weighted by molar-refractivity contribution is 5.72. The van der Waals surface area contributed by atoms with Gasteiger partial charge in [-0.05, 0) is 13.0 Å². The molecule has 0 bridgehead atoms. The fourth-order valence-corrected chi connectivity index (χ4v) is 1.09. The van der Waals surface area contributed by atoms with E-state index in [1.54, 1.807) is 10.7 Å². The minimum atomic E-state index is -1.85. The molecule has 0 saturated heterocycles. The van der Waals surface area contributed by atoms with Gasteiger partial charge < -0.3 is 5.11 Å². The Morgan fingerprint density at radius 1 is 1.85 bits per heavy atom.